The van der Waals surface area contributed by atoms with Crippen molar-refractivity contribution in [3.63, 3.8) is 0 Å². The topological polar surface area (TPSA) is 70.7 Å². The van der Waals surface area contributed by atoms with Crippen molar-refractivity contribution >= 4 is 22.9 Å². The smallest absolute Gasteiger partial charge is 0.271 e. The molecule has 0 aromatic carbocycles. The molecule has 2 aromatic heterocycles. The van der Waals surface area contributed by atoms with Crippen molar-refractivity contribution in [3.8, 4) is 0 Å². The Bertz CT molecular complexity index is 949. The van der Waals surface area contributed by atoms with E-state index >= 15 is 0 Å². The maximum Gasteiger partial charge on any atom is 0.271 e. The van der Waals surface area contributed by atoms with Crippen molar-refractivity contribution in [2.45, 2.75) is 76.4 Å². The molecule has 1 unspecified atom stereocenters. The van der Waals surface area contributed by atoms with E-state index in [4.69, 9.17) is 4.42 Å². The third-order valence-electron chi connectivity index (χ3n) is 7.57. The van der Waals surface area contributed by atoms with Gasteiger partial charge in [0.05, 0.1) is 18.3 Å². The zero-order valence-electron chi connectivity index (χ0n) is 18.6. The van der Waals surface area contributed by atoms with Gasteiger partial charge in [-0.25, -0.2) is 0 Å². The molecule has 31 heavy (non-hydrogen) atoms. The van der Waals surface area contributed by atoms with Gasteiger partial charge in [0.25, 0.3) is 5.91 Å². The van der Waals surface area contributed by atoms with Gasteiger partial charge in [-0.1, -0.05) is 25.7 Å². The van der Waals surface area contributed by atoms with E-state index in [1.54, 1.807) is 6.26 Å². The monoisotopic (exact) mass is 426 g/mol. The van der Waals surface area contributed by atoms with Gasteiger partial charge in [0.2, 0.25) is 5.91 Å². The number of amides is 2. The molecular formula is C24H34N4O3. The first-order chi connectivity index (χ1) is 15.1. The Balaban J connectivity index is 1.43. The second-order valence-electron chi connectivity index (χ2n) is 9.73. The van der Waals surface area contributed by atoms with E-state index in [1.165, 1.54) is 25.7 Å². The van der Waals surface area contributed by atoms with Gasteiger partial charge in [-0.15, -0.1) is 0 Å². The van der Waals surface area contributed by atoms with Crippen LogP contribution in [0.2, 0.25) is 0 Å². The number of carbonyl (C=O) groups excluding carboxylic acids is 2. The quantitative estimate of drug-likeness (QED) is 0.744. The molecule has 5 rings (SSSR count). The highest BCUT2D eigenvalue weighted by Crippen LogP contribution is 2.33. The summed E-state index contributed by atoms with van der Waals surface area (Å²) in [5, 5.41) is 3.33. The molecule has 1 atom stereocenters. The van der Waals surface area contributed by atoms with Crippen molar-refractivity contribution in [3.05, 3.63) is 24.1 Å². The molecule has 0 bridgehead atoms. The summed E-state index contributed by atoms with van der Waals surface area (Å²) in [5.41, 5.74) is 1.29. The minimum atomic E-state index is -0.917. The lowest BCUT2D eigenvalue weighted by atomic mass is 9.93. The summed E-state index contributed by atoms with van der Waals surface area (Å²) in [6.07, 6.45) is 11.0. The second kappa shape index (κ2) is 8.34. The normalized spacial score (nSPS) is 25.7. The Hall–Kier alpha value is -2.28. The maximum absolute atomic E-state index is 13.7. The molecule has 2 fully saturated rings. The second-order valence-corrected chi connectivity index (χ2v) is 9.73. The third kappa shape index (κ3) is 3.77. The molecule has 1 N–H and O–H groups in total. The van der Waals surface area contributed by atoms with Gasteiger partial charge in [0.15, 0.2) is 5.58 Å². The lowest BCUT2D eigenvalue weighted by Gasteiger charge is -2.45. The first-order valence-electron chi connectivity index (χ1n) is 12.0. The number of aromatic nitrogens is 1. The maximum atomic E-state index is 13.7. The molecule has 2 amide bonds. The molecule has 1 aliphatic carbocycles. The first-order valence-corrected chi connectivity index (χ1v) is 12.0. The molecule has 3 aliphatic rings. The molecule has 1 saturated carbocycles. The molecule has 2 aliphatic heterocycles. The molecule has 7 nitrogen and oxygen atoms in total. The molecule has 168 valence electrons. The van der Waals surface area contributed by atoms with Crippen molar-refractivity contribution < 1.29 is 14.0 Å². The van der Waals surface area contributed by atoms with Crippen LogP contribution in [0.15, 0.2) is 22.8 Å². The summed E-state index contributed by atoms with van der Waals surface area (Å²) in [4.78, 5) is 31.5. The van der Waals surface area contributed by atoms with Gasteiger partial charge in [-0.05, 0) is 45.7 Å². The fraction of sp³-hybridized carbons (Fsp3) is 0.667. The van der Waals surface area contributed by atoms with Crippen LogP contribution in [0.3, 0.4) is 0 Å². The zero-order chi connectivity index (χ0) is 21.4. The Kier molecular flexibility index (Phi) is 5.54. The fourth-order valence-corrected chi connectivity index (χ4v) is 5.64. The molecule has 0 radical (unpaired) electrons. The number of rotatable bonds is 5. The van der Waals surface area contributed by atoms with Gasteiger partial charge >= 0.3 is 0 Å². The predicted molar refractivity (Wildman–Crippen MR) is 119 cm³/mol. The van der Waals surface area contributed by atoms with Crippen LogP contribution in [0.25, 0.3) is 11.1 Å². The summed E-state index contributed by atoms with van der Waals surface area (Å²) in [5.74, 6) is -0.0967. The van der Waals surface area contributed by atoms with Crippen LogP contribution >= 0.6 is 0 Å². The highest BCUT2D eigenvalue weighted by molar-refractivity contribution is 6.02. The molecule has 2 aromatic rings. The van der Waals surface area contributed by atoms with Crippen LogP contribution in [0.5, 0.6) is 0 Å². The summed E-state index contributed by atoms with van der Waals surface area (Å²) >= 11 is 0. The summed E-state index contributed by atoms with van der Waals surface area (Å²) in [6, 6.07) is 3.92. The summed E-state index contributed by atoms with van der Waals surface area (Å²) in [6.45, 7) is 5.94. The van der Waals surface area contributed by atoms with E-state index in [0.29, 0.717) is 24.4 Å². The SMILES string of the molecule is CC1(C(=O)NC2CCCCCC2)Cn2c(cc3occc32)C(=O)N1CCN1CCCC1. The number of furan rings is 1. The first kappa shape index (κ1) is 20.6. The van der Waals surface area contributed by atoms with Crippen LogP contribution in [0.1, 0.15) is 68.8 Å². The molecular weight excluding hydrogens is 392 g/mol. The van der Waals surface area contributed by atoms with Crippen LogP contribution < -0.4 is 5.32 Å². The van der Waals surface area contributed by atoms with E-state index in [0.717, 1.165) is 50.8 Å². The van der Waals surface area contributed by atoms with Crippen molar-refractivity contribution in [1.82, 2.24) is 19.7 Å². The minimum absolute atomic E-state index is 0.0230. The Morgan fingerprint density at radius 1 is 1.13 bits per heavy atom. The summed E-state index contributed by atoms with van der Waals surface area (Å²) in [7, 11) is 0. The minimum Gasteiger partial charge on any atom is -0.463 e. The van der Waals surface area contributed by atoms with Crippen molar-refractivity contribution in [1.29, 1.82) is 0 Å². The number of hydrogen-bond acceptors (Lipinski definition) is 4. The van der Waals surface area contributed by atoms with Gasteiger partial charge in [-0.2, -0.15) is 0 Å². The van der Waals surface area contributed by atoms with Crippen LogP contribution in [0.4, 0.5) is 0 Å². The van der Waals surface area contributed by atoms with Crippen molar-refractivity contribution in [2.24, 2.45) is 0 Å². The molecule has 7 heteroatoms. The predicted octanol–water partition coefficient (Wildman–Crippen LogP) is 3.38. The van der Waals surface area contributed by atoms with E-state index < -0.39 is 5.54 Å². The van der Waals surface area contributed by atoms with Crippen LogP contribution in [-0.4, -0.2) is 63.9 Å². The zero-order valence-corrected chi connectivity index (χ0v) is 18.6. The Morgan fingerprint density at radius 3 is 2.61 bits per heavy atom. The van der Waals surface area contributed by atoms with Crippen LogP contribution in [-0.2, 0) is 11.3 Å². The molecule has 4 heterocycles. The van der Waals surface area contributed by atoms with E-state index in [2.05, 4.69) is 10.2 Å². The number of carbonyl (C=O) groups is 2. The standard InChI is InChI=1S/C24H34N4O3/c1-24(23(30)25-18-8-4-2-3-5-9-18)17-27-19-10-15-31-21(19)16-20(27)22(29)28(24)14-13-26-11-6-7-12-26/h10,15-16,18H,2-9,11-14,17H2,1H3,(H,25,30). The lowest BCUT2D eigenvalue weighted by Crippen LogP contribution is -2.65. The Morgan fingerprint density at radius 2 is 1.87 bits per heavy atom. The van der Waals surface area contributed by atoms with Crippen LogP contribution in [0, 0.1) is 0 Å². The van der Waals surface area contributed by atoms with E-state index in [-0.39, 0.29) is 17.9 Å². The average molecular weight is 427 g/mol. The average Bonchev–Trinajstić information content (AvgIpc) is 3.45. The highest BCUT2D eigenvalue weighted by Gasteiger charge is 2.48. The van der Waals surface area contributed by atoms with E-state index in [1.807, 2.05) is 28.5 Å². The van der Waals surface area contributed by atoms with Gasteiger partial charge in [-0.3, -0.25) is 9.59 Å². The molecule has 0 spiro atoms. The van der Waals surface area contributed by atoms with E-state index in [9.17, 15) is 9.59 Å². The lowest BCUT2D eigenvalue weighted by molar-refractivity contribution is -0.133. The van der Waals surface area contributed by atoms with Gasteiger partial charge in [0, 0.05) is 31.3 Å². The Labute approximate surface area is 183 Å². The number of nitrogens with one attached hydrogen (secondary N) is 1. The largest absolute Gasteiger partial charge is 0.463 e. The number of fused-ring (bicyclic) bond motifs is 3. The number of nitrogens with zero attached hydrogens (tertiary/aromatic N) is 3. The van der Waals surface area contributed by atoms with Crippen molar-refractivity contribution in [2.75, 3.05) is 26.2 Å². The third-order valence-corrected chi connectivity index (χ3v) is 7.57. The number of likely N-dealkylation sites (tertiary alicyclic amines) is 1. The van der Waals surface area contributed by atoms with Gasteiger partial charge in [0.1, 0.15) is 11.2 Å². The summed E-state index contributed by atoms with van der Waals surface area (Å²) < 4.78 is 7.53. The molecule has 1 saturated heterocycles. The van der Waals surface area contributed by atoms with Gasteiger partial charge < -0.3 is 24.1 Å². The highest BCUT2D eigenvalue weighted by atomic mass is 16.3. The fourth-order valence-electron chi connectivity index (χ4n) is 5.64. The number of hydrogen-bond donors (Lipinski definition) is 1.